The minimum absolute atomic E-state index is 0.0310. The van der Waals surface area contributed by atoms with E-state index in [0.717, 1.165) is 15.6 Å². The van der Waals surface area contributed by atoms with Gasteiger partial charge in [0, 0.05) is 31.1 Å². The Morgan fingerprint density at radius 2 is 1.76 bits per heavy atom. The van der Waals surface area contributed by atoms with Crippen LogP contribution in [0.25, 0.3) is 0 Å². The number of aromatic nitrogens is 1. The first-order valence-electron chi connectivity index (χ1n) is 8.14. The second-order valence-electron chi connectivity index (χ2n) is 6.02. The summed E-state index contributed by atoms with van der Waals surface area (Å²) < 4.78 is 26.7. The highest BCUT2D eigenvalue weighted by Crippen LogP contribution is 2.20. The molecule has 1 aromatic carbocycles. The number of carbonyl (C=O) groups is 1. The van der Waals surface area contributed by atoms with Gasteiger partial charge in [0.15, 0.2) is 0 Å². The number of sulfonamides is 1. The first-order valence-corrected chi connectivity index (χ1v) is 10.4. The van der Waals surface area contributed by atoms with Crippen molar-refractivity contribution in [3.8, 4) is 0 Å². The minimum atomic E-state index is -3.49. The van der Waals surface area contributed by atoms with Gasteiger partial charge in [0.1, 0.15) is 0 Å². The van der Waals surface area contributed by atoms with Gasteiger partial charge >= 0.3 is 0 Å². The molecule has 2 heterocycles. The van der Waals surface area contributed by atoms with E-state index in [0.29, 0.717) is 37.5 Å². The van der Waals surface area contributed by atoms with Crippen LogP contribution in [0.3, 0.4) is 0 Å². The van der Waals surface area contributed by atoms with Gasteiger partial charge in [-0.2, -0.15) is 4.31 Å². The zero-order valence-electron chi connectivity index (χ0n) is 14.3. The Morgan fingerprint density at radius 1 is 1.12 bits per heavy atom. The van der Waals surface area contributed by atoms with E-state index in [1.54, 1.807) is 46.6 Å². The van der Waals surface area contributed by atoms with Crippen LogP contribution >= 0.6 is 11.3 Å². The first kappa shape index (κ1) is 18.0. The molecule has 0 spiro atoms. The highest BCUT2D eigenvalue weighted by molar-refractivity contribution is 7.89. The molecule has 0 unspecified atom stereocenters. The lowest BCUT2D eigenvalue weighted by atomic mass is 10.2. The summed E-state index contributed by atoms with van der Waals surface area (Å²) in [5.74, 6) is 0.0310. The Balaban J connectivity index is 1.62. The van der Waals surface area contributed by atoms with Crippen molar-refractivity contribution in [2.45, 2.75) is 25.2 Å². The second-order valence-corrected chi connectivity index (χ2v) is 9.24. The minimum Gasteiger partial charge on any atom is -0.340 e. The van der Waals surface area contributed by atoms with E-state index in [1.165, 1.54) is 4.31 Å². The van der Waals surface area contributed by atoms with Crippen LogP contribution in [0, 0.1) is 13.8 Å². The normalized spacial score (nSPS) is 16.2. The summed E-state index contributed by atoms with van der Waals surface area (Å²) in [4.78, 5) is 19.9. The van der Waals surface area contributed by atoms with Crippen molar-refractivity contribution < 1.29 is 13.2 Å². The molecule has 8 heteroatoms. The van der Waals surface area contributed by atoms with Crippen molar-refractivity contribution in [1.82, 2.24) is 14.2 Å². The number of piperazine rings is 1. The Morgan fingerprint density at radius 3 is 2.32 bits per heavy atom. The van der Waals surface area contributed by atoms with Gasteiger partial charge in [-0.25, -0.2) is 13.4 Å². The Kier molecular flexibility index (Phi) is 5.21. The van der Waals surface area contributed by atoms with Gasteiger partial charge in [0.05, 0.1) is 22.0 Å². The number of rotatable bonds is 4. The smallest absolute Gasteiger partial charge is 0.243 e. The molecule has 0 N–H and O–H groups in total. The molecule has 134 valence electrons. The molecule has 0 atom stereocenters. The largest absolute Gasteiger partial charge is 0.340 e. The van der Waals surface area contributed by atoms with Gasteiger partial charge in [0.25, 0.3) is 0 Å². The van der Waals surface area contributed by atoms with Gasteiger partial charge < -0.3 is 4.90 Å². The molecule has 1 saturated heterocycles. The van der Waals surface area contributed by atoms with Crippen LogP contribution in [0.15, 0.2) is 35.2 Å². The molecule has 0 radical (unpaired) electrons. The molecule has 1 amide bonds. The van der Waals surface area contributed by atoms with Gasteiger partial charge in [0.2, 0.25) is 15.9 Å². The average Bonchev–Trinajstić information content (AvgIpc) is 2.93. The lowest BCUT2D eigenvalue weighted by Gasteiger charge is -2.34. The van der Waals surface area contributed by atoms with Gasteiger partial charge in [-0.05, 0) is 26.0 Å². The van der Waals surface area contributed by atoms with Crippen molar-refractivity contribution in [3.63, 3.8) is 0 Å². The number of hydrogen-bond donors (Lipinski definition) is 0. The van der Waals surface area contributed by atoms with E-state index in [2.05, 4.69) is 4.98 Å². The average molecular weight is 380 g/mol. The fourth-order valence-corrected chi connectivity index (χ4v) is 5.28. The summed E-state index contributed by atoms with van der Waals surface area (Å²) in [5, 5.41) is 0.957. The molecular formula is C17H21N3O3S2. The molecule has 6 nitrogen and oxygen atoms in total. The maximum atomic E-state index is 12.6. The summed E-state index contributed by atoms with van der Waals surface area (Å²) in [6.45, 7) is 5.33. The summed E-state index contributed by atoms with van der Waals surface area (Å²) >= 11 is 1.54. The van der Waals surface area contributed by atoms with Crippen molar-refractivity contribution in [2.24, 2.45) is 0 Å². The standard InChI is InChI=1S/C17H21N3O3S2/c1-13-16(24-14(2)18-13)12-17(21)19-8-10-20(11-9-19)25(22,23)15-6-4-3-5-7-15/h3-7H,8-12H2,1-2H3. The highest BCUT2D eigenvalue weighted by atomic mass is 32.2. The van der Waals surface area contributed by atoms with Crippen LogP contribution in [0.5, 0.6) is 0 Å². The number of amides is 1. The van der Waals surface area contributed by atoms with Gasteiger partial charge in [-0.3, -0.25) is 4.79 Å². The van der Waals surface area contributed by atoms with Crippen LogP contribution in [0.2, 0.25) is 0 Å². The maximum Gasteiger partial charge on any atom is 0.243 e. The molecule has 1 aromatic heterocycles. The molecule has 2 aromatic rings. The molecule has 1 fully saturated rings. The predicted octanol–water partition coefficient (Wildman–Crippen LogP) is 1.84. The zero-order valence-corrected chi connectivity index (χ0v) is 15.9. The van der Waals surface area contributed by atoms with E-state index in [1.807, 2.05) is 13.8 Å². The zero-order chi connectivity index (χ0) is 18.0. The number of nitrogens with zero attached hydrogens (tertiary/aromatic N) is 3. The van der Waals surface area contributed by atoms with E-state index in [4.69, 9.17) is 0 Å². The summed E-state index contributed by atoms with van der Waals surface area (Å²) in [7, 11) is -3.49. The van der Waals surface area contributed by atoms with Crippen LogP contribution in [-0.4, -0.2) is 54.7 Å². The fraction of sp³-hybridized carbons (Fsp3) is 0.412. The van der Waals surface area contributed by atoms with Crippen LogP contribution in [0.4, 0.5) is 0 Å². The van der Waals surface area contributed by atoms with Gasteiger partial charge in [-0.1, -0.05) is 18.2 Å². The Hall–Kier alpha value is -1.77. The van der Waals surface area contributed by atoms with Crippen molar-refractivity contribution >= 4 is 27.3 Å². The molecule has 0 saturated carbocycles. The number of hydrogen-bond acceptors (Lipinski definition) is 5. The van der Waals surface area contributed by atoms with E-state index < -0.39 is 10.0 Å². The molecule has 1 aliphatic rings. The summed E-state index contributed by atoms with van der Waals surface area (Å²) in [5.41, 5.74) is 0.904. The highest BCUT2D eigenvalue weighted by Gasteiger charge is 2.30. The predicted molar refractivity (Wildman–Crippen MR) is 97.1 cm³/mol. The first-order chi connectivity index (χ1) is 11.9. The number of carbonyl (C=O) groups excluding carboxylic acids is 1. The quantitative estimate of drug-likeness (QED) is 0.813. The summed E-state index contributed by atoms with van der Waals surface area (Å²) in [6, 6.07) is 8.42. The SMILES string of the molecule is Cc1nc(C)c(CC(=O)N2CCN(S(=O)(=O)c3ccccc3)CC2)s1. The lowest BCUT2D eigenvalue weighted by Crippen LogP contribution is -2.50. The fourth-order valence-electron chi connectivity index (χ4n) is 2.91. The van der Waals surface area contributed by atoms with E-state index >= 15 is 0 Å². The van der Waals surface area contributed by atoms with Crippen molar-refractivity contribution in [1.29, 1.82) is 0 Å². The maximum absolute atomic E-state index is 12.6. The second kappa shape index (κ2) is 7.23. The number of thiazole rings is 1. The third-order valence-corrected chi connectivity index (χ3v) is 7.27. The molecular weight excluding hydrogens is 358 g/mol. The molecule has 25 heavy (non-hydrogen) atoms. The molecule has 1 aliphatic heterocycles. The topological polar surface area (TPSA) is 70.6 Å². The third-order valence-electron chi connectivity index (χ3n) is 4.28. The monoisotopic (exact) mass is 379 g/mol. The van der Waals surface area contributed by atoms with E-state index in [9.17, 15) is 13.2 Å². The summed E-state index contributed by atoms with van der Waals surface area (Å²) in [6.07, 6.45) is 0.336. The van der Waals surface area contributed by atoms with Gasteiger partial charge in [-0.15, -0.1) is 11.3 Å². The molecule has 3 rings (SSSR count). The lowest BCUT2D eigenvalue weighted by molar-refractivity contribution is -0.131. The van der Waals surface area contributed by atoms with Crippen LogP contribution < -0.4 is 0 Å². The van der Waals surface area contributed by atoms with Crippen molar-refractivity contribution in [2.75, 3.05) is 26.2 Å². The molecule has 0 aliphatic carbocycles. The Bertz CT molecular complexity index is 855. The van der Waals surface area contributed by atoms with Crippen LogP contribution in [-0.2, 0) is 21.2 Å². The Labute approximate surface area is 152 Å². The van der Waals surface area contributed by atoms with Crippen molar-refractivity contribution in [3.05, 3.63) is 45.9 Å². The number of benzene rings is 1. The third kappa shape index (κ3) is 3.91. The molecule has 0 bridgehead atoms. The number of aryl methyl sites for hydroxylation is 2. The van der Waals surface area contributed by atoms with Crippen LogP contribution in [0.1, 0.15) is 15.6 Å². The van der Waals surface area contributed by atoms with E-state index in [-0.39, 0.29) is 5.91 Å².